The van der Waals surface area contributed by atoms with Crippen LogP contribution >= 0.6 is 11.8 Å². The van der Waals surface area contributed by atoms with Crippen LogP contribution in [-0.4, -0.2) is 35.4 Å². The molecule has 0 aromatic heterocycles. The van der Waals surface area contributed by atoms with Crippen LogP contribution in [0.1, 0.15) is 36.4 Å². The molecule has 1 aromatic carbocycles. The summed E-state index contributed by atoms with van der Waals surface area (Å²) in [5, 5.41) is 0. The molecule has 0 aliphatic carbocycles. The second-order valence-electron chi connectivity index (χ2n) is 6.05. The Hall–Kier alpha value is -1.000. The molecule has 3 nitrogen and oxygen atoms in total. The molecule has 3 rings (SSSR count). The molecule has 2 aliphatic rings. The van der Waals surface area contributed by atoms with Crippen LogP contribution < -0.4 is 5.73 Å². The van der Waals surface area contributed by atoms with E-state index in [2.05, 4.69) is 18.2 Å². The minimum Gasteiger partial charge on any atom is -0.334 e. The van der Waals surface area contributed by atoms with Crippen LogP contribution in [0.5, 0.6) is 0 Å². The molecular weight excluding hydrogens is 280 g/mol. The van der Waals surface area contributed by atoms with Crippen molar-refractivity contribution in [2.45, 2.75) is 31.7 Å². The fourth-order valence-corrected chi connectivity index (χ4v) is 4.72. The van der Waals surface area contributed by atoms with E-state index in [0.717, 1.165) is 13.0 Å². The van der Waals surface area contributed by atoms with Crippen molar-refractivity contribution in [1.29, 1.82) is 0 Å². The summed E-state index contributed by atoms with van der Waals surface area (Å²) in [4.78, 5) is 14.7. The van der Waals surface area contributed by atoms with Gasteiger partial charge in [0.1, 0.15) is 0 Å². The summed E-state index contributed by atoms with van der Waals surface area (Å²) in [6.45, 7) is 1.34. The number of hydrogen-bond donors (Lipinski definition) is 1. The molecule has 2 heterocycles. The van der Waals surface area contributed by atoms with E-state index >= 15 is 0 Å². The number of nitrogens with zero attached hydrogens (tertiary/aromatic N) is 1. The minimum atomic E-state index is 0.0698. The molecule has 114 valence electrons. The molecule has 1 unspecified atom stereocenters. The number of thioether (sulfide) groups is 1. The van der Waals surface area contributed by atoms with Crippen molar-refractivity contribution in [1.82, 2.24) is 4.90 Å². The Morgan fingerprint density at radius 3 is 2.81 bits per heavy atom. The van der Waals surface area contributed by atoms with Crippen LogP contribution in [0.25, 0.3) is 0 Å². The molecule has 2 N–H and O–H groups in total. The summed E-state index contributed by atoms with van der Waals surface area (Å²) in [5.74, 6) is 3.30. The standard InChI is InChI=1S/C17H24N2OS/c18-12-16-15-4-2-1-3-14(15)5-8-19(16)17(20)11-13-6-9-21-10-7-13/h1-4,13,16H,5-12,18H2. The zero-order chi connectivity index (χ0) is 14.7. The number of hydrogen-bond acceptors (Lipinski definition) is 3. The molecular formula is C17H24N2OS. The van der Waals surface area contributed by atoms with Gasteiger partial charge in [-0.25, -0.2) is 0 Å². The molecule has 0 spiro atoms. The Kier molecular flexibility index (Phi) is 4.86. The van der Waals surface area contributed by atoms with Gasteiger partial charge in [0.15, 0.2) is 0 Å². The van der Waals surface area contributed by atoms with E-state index in [1.165, 1.54) is 35.5 Å². The van der Waals surface area contributed by atoms with Crippen LogP contribution in [0, 0.1) is 5.92 Å². The molecule has 1 saturated heterocycles. The first-order chi connectivity index (χ1) is 10.3. The summed E-state index contributed by atoms with van der Waals surface area (Å²) in [7, 11) is 0. The molecule has 0 bridgehead atoms. The van der Waals surface area contributed by atoms with Gasteiger partial charge in [0.25, 0.3) is 0 Å². The molecule has 1 atom stereocenters. The van der Waals surface area contributed by atoms with Gasteiger partial charge in [0, 0.05) is 19.5 Å². The van der Waals surface area contributed by atoms with Gasteiger partial charge in [-0.05, 0) is 47.8 Å². The van der Waals surface area contributed by atoms with Crippen LogP contribution in [0.2, 0.25) is 0 Å². The van der Waals surface area contributed by atoms with Crippen LogP contribution in [0.15, 0.2) is 24.3 Å². The predicted molar refractivity (Wildman–Crippen MR) is 88.3 cm³/mol. The van der Waals surface area contributed by atoms with E-state index in [4.69, 9.17) is 5.73 Å². The van der Waals surface area contributed by atoms with E-state index in [9.17, 15) is 4.79 Å². The number of carbonyl (C=O) groups is 1. The van der Waals surface area contributed by atoms with E-state index in [1.54, 1.807) is 0 Å². The van der Waals surface area contributed by atoms with Crippen LogP contribution in [-0.2, 0) is 11.2 Å². The average molecular weight is 304 g/mol. The second-order valence-corrected chi connectivity index (χ2v) is 7.27. The number of amides is 1. The smallest absolute Gasteiger partial charge is 0.223 e. The van der Waals surface area contributed by atoms with Gasteiger partial charge in [-0.3, -0.25) is 4.79 Å². The summed E-state index contributed by atoms with van der Waals surface area (Å²) in [5.41, 5.74) is 8.58. The summed E-state index contributed by atoms with van der Waals surface area (Å²) in [6.07, 6.45) is 4.04. The van der Waals surface area contributed by atoms with Gasteiger partial charge < -0.3 is 10.6 Å². The van der Waals surface area contributed by atoms with Crippen molar-refractivity contribution in [3.63, 3.8) is 0 Å². The lowest BCUT2D eigenvalue weighted by atomic mass is 9.91. The van der Waals surface area contributed by atoms with E-state index in [-0.39, 0.29) is 6.04 Å². The average Bonchev–Trinajstić information content (AvgIpc) is 2.54. The van der Waals surface area contributed by atoms with E-state index in [0.29, 0.717) is 24.8 Å². The van der Waals surface area contributed by atoms with Crippen LogP contribution in [0.4, 0.5) is 0 Å². The van der Waals surface area contributed by atoms with Crippen molar-refractivity contribution in [2.24, 2.45) is 11.7 Å². The van der Waals surface area contributed by atoms with Crippen LogP contribution in [0.3, 0.4) is 0 Å². The fraction of sp³-hybridized carbons (Fsp3) is 0.588. The summed E-state index contributed by atoms with van der Waals surface area (Å²) < 4.78 is 0. The number of benzene rings is 1. The SMILES string of the molecule is NCC1c2ccccc2CCN1C(=O)CC1CCSCC1. The van der Waals surface area contributed by atoms with E-state index in [1.807, 2.05) is 22.7 Å². The zero-order valence-corrected chi connectivity index (χ0v) is 13.3. The topological polar surface area (TPSA) is 46.3 Å². The lowest BCUT2D eigenvalue weighted by Crippen LogP contribution is -2.43. The van der Waals surface area contributed by atoms with Gasteiger partial charge >= 0.3 is 0 Å². The maximum absolute atomic E-state index is 12.7. The quantitative estimate of drug-likeness (QED) is 0.933. The molecule has 1 fully saturated rings. The molecule has 0 radical (unpaired) electrons. The minimum absolute atomic E-state index is 0.0698. The predicted octanol–water partition coefficient (Wildman–Crippen LogP) is 2.60. The van der Waals surface area contributed by atoms with Gasteiger partial charge in [0.05, 0.1) is 6.04 Å². The van der Waals surface area contributed by atoms with Crippen molar-refractivity contribution in [3.05, 3.63) is 35.4 Å². The third-order valence-electron chi connectivity index (χ3n) is 4.76. The molecule has 1 amide bonds. The monoisotopic (exact) mass is 304 g/mol. The highest BCUT2D eigenvalue weighted by Crippen LogP contribution is 2.31. The summed E-state index contributed by atoms with van der Waals surface area (Å²) >= 11 is 2.01. The largest absolute Gasteiger partial charge is 0.334 e. The maximum Gasteiger partial charge on any atom is 0.223 e. The van der Waals surface area contributed by atoms with Crippen molar-refractivity contribution < 1.29 is 4.79 Å². The van der Waals surface area contributed by atoms with Crippen molar-refractivity contribution in [3.8, 4) is 0 Å². The first-order valence-corrected chi connectivity index (χ1v) is 9.10. The molecule has 4 heteroatoms. The number of carbonyl (C=O) groups excluding carboxylic acids is 1. The van der Waals surface area contributed by atoms with Gasteiger partial charge in [0.2, 0.25) is 5.91 Å². The van der Waals surface area contributed by atoms with Crippen molar-refractivity contribution >= 4 is 17.7 Å². The Morgan fingerprint density at radius 2 is 2.05 bits per heavy atom. The molecule has 1 aromatic rings. The lowest BCUT2D eigenvalue weighted by molar-refractivity contribution is -0.135. The van der Waals surface area contributed by atoms with Gasteiger partial charge in [-0.15, -0.1) is 0 Å². The highest BCUT2D eigenvalue weighted by molar-refractivity contribution is 7.99. The Bertz CT molecular complexity index is 499. The normalized spacial score (nSPS) is 22.9. The van der Waals surface area contributed by atoms with Gasteiger partial charge in [-0.2, -0.15) is 11.8 Å². The first-order valence-electron chi connectivity index (χ1n) is 7.94. The van der Waals surface area contributed by atoms with E-state index < -0.39 is 0 Å². The highest BCUT2D eigenvalue weighted by Gasteiger charge is 2.30. The molecule has 21 heavy (non-hydrogen) atoms. The third-order valence-corrected chi connectivity index (χ3v) is 5.81. The molecule has 2 aliphatic heterocycles. The second kappa shape index (κ2) is 6.84. The number of fused-ring (bicyclic) bond motifs is 1. The van der Waals surface area contributed by atoms with Crippen molar-refractivity contribution in [2.75, 3.05) is 24.6 Å². The number of rotatable bonds is 3. The Morgan fingerprint density at radius 1 is 1.29 bits per heavy atom. The third kappa shape index (κ3) is 3.27. The van der Waals surface area contributed by atoms with Gasteiger partial charge in [-0.1, -0.05) is 24.3 Å². The zero-order valence-electron chi connectivity index (χ0n) is 12.5. The molecule has 0 saturated carbocycles. The highest BCUT2D eigenvalue weighted by atomic mass is 32.2. The lowest BCUT2D eigenvalue weighted by Gasteiger charge is -2.37. The Balaban J connectivity index is 1.71. The fourth-order valence-electron chi connectivity index (χ4n) is 3.52. The maximum atomic E-state index is 12.7. The summed E-state index contributed by atoms with van der Waals surface area (Å²) in [6, 6.07) is 8.49. The Labute approximate surface area is 131 Å². The number of nitrogens with two attached hydrogens (primary N) is 1. The first kappa shape index (κ1) is 14.9.